The molecule has 2 rings (SSSR count). The maximum Gasteiger partial charge on any atom is 0.262 e. The highest BCUT2D eigenvalue weighted by Gasteiger charge is 2.30. The summed E-state index contributed by atoms with van der Waals surface area (Å²) in [6, 6.07) is 0. The lowest BCUT2D eigenvalue weighted by molar-refractivity contribution is 0.192. The zero-order valence-electron chi connectivity index (χ0n) is 11.4. The normalized spacial score (nSPS) is 18.9. The van der Waals surface area contributed by atoms with E-state index < -0.39 is 10.0 Å². The lowest BCUT2D eigenvalue weighted by Crippen LogP contribution is -2.49. The van der Waals surface area contributed by atoms with Gasteiger partial charge in [0, 0.05) is 52.5 Å². The molecule has 0 radical (unpaired) electrons. The smallest absolute Gasteiger partial charge is 0.262 e. The molecule has 1 fully saturated rings. The molecular weight excluding hydrogens is 266 g/mol. The quantitative estimate of drug-likeness (QED) is 0.767. The number of nitrogens with zero attached hydrogens (tertiary/aromatic N) is 4. The molecule has 0 bridgehead atoms. The SMILES string of the molecule is Cc1nc(S(=O)(=O)N2CCN(CCN)CC2)cn1C. The monoisotopic (exact) mass is 287 g/mol. The molecule has 108 valence electrons. The van der Waals surface area contributed by atoms with Crippen LogP contribution < -0.4 is 5.73 Å². The second kappa shape index (κ2) is 5.58. The molecule has 2 heterocycles. The van der Waals surface area contributed by atoms with Gasteiger partial charge in [-0.2, -0.15) is 4.31 Å². The fourth-order valence-electron chi connectivity index (χ4n) is 2.16. The van der Waals surface area contributed by atoms with Crippen LogP contribution in [0.1, 0.15) is 5.82 Å². The fourth-order valence-corrected chi connectivity index (χ4v) is 3.61. The summed E-state index contributed by atoms with van der Waals surface area (Å²) in [5.41, 5.74) is 5.50. The Hall–Kier alpha value is -0.960. The van der Waals surface area contributed by atoms with Crippen LogP contribution in [0.4, 0.5) is 0 Å². The summed E-state index contributed by atoms with van der Waals surface area (Å²) in [5, 5.41) is 0.139. The summed E-state index contributed by atoms with van der Waals surface area (Å²) in [6.45, 7) is 5.65. The average Bonchev–Trinajstić information content (AvgIpc) is 2.71. The molecule has 0 aliphatic carbocycles. The van der Waals surface area contributed by atoms with Crippen LogP contribution in [0.2, 0.25) is 0 Å². The van der Waals surface area contributed by atoms with Gasteiger partial charge in [0.2, 0.25) is 0 Å². The largest absolute Gasteiger partial charge is 0.337 e. The number of piperazine rings is 1. The fraction of sp³-hybridized carbons (Fsp3) is 0.727. The lowest BCUT2D eigenvalue weighted by atomic mass is 10.3. The molecular formula is C11H21N5O2S. The van der Waals surface area contributed by atoms with Gasteiger partial charge in [0.1, 0.15) is 5.82 Å². The summed E-state index contributed by atoms with van der Waals surface area (Å²) in [7, 11) is -1.67. The van der Waals surface area contributed by atoms with E-state index in [-0.39, 0.29) is 5.03 Å². The molecule has 0 amide bonds. The summed E-state index contributed by atoms with van der Waals surface area (Å²) in [6.07, 6.45) is 1.57. The molecule has 0 aromatic carbocycles. The van der Waals surface area contributed by atoms with Gasteiger partial charge in [0.05, 0.1) is 0 Å². The average molecular weight is 287 g/mol. The number of rotatable bonds is 4. The molecule has 1 aliphatic rings. The number of imidazole rings is 1. The molecule has 1 aromatic rings. The van der Waals surface area contributed by atoms with Gasteiger partial charge in [-0.05, 0) is 6.92 Å². The van der Waals surface area contributed by atoms with E-state index in [1.807, 2.05) is 0 Å². The van der Waals surface area contributed by atoms with E-state index in [1.165, 1.54) is 4.31 Å². The third-order valence-corrected chi connectivity index (χ3v) is 5.24. The highest BCUT2D eigenvalue weighted by atomic mass is 32.2. The number of hydrogen-bond acceptors (Lipinski definition) is 5. The Kier molecular flexibility index (Phi) is 4.24. The van der Waals surface area contributed by atoms with Crippen LogP contribution in [-0.2, 0) is 17.1 Å². The first-order chi connectivity index (χ1) is 8.95. The van der Waals surface area contributed by atoms with Crippen molar-refractivity contribution in [2.75, 3.05) is 39.3 Å². The molecule has 1 aliphatic heterocycles. The number of hydrogen-bond donors (Lipinski definition) is 1. The predicted octanol–water partition coefficient (Wildman–Crippen LogP) is -1.01. The van der Waals surface area contributed by atoms with E-state index in [2.05, 4.69) is 9.88 Å². The summed E-state index contributed by atoms with van der Waals surface area (Å²) in [5.74, 6) is 0.695. The molecule has 19 heavy (non-hydrogen) atoms. The molecule has 0 saturated carbocycles. The van der Waals surface area contributed by atoms with E-state index >= 15 is 0 Å². The zero-order chi connectivity index (χ0) is 14.0. The van der Waals surface area contributed by atoms with Crippen LogP contribution in [0.3, 0.4) is 0 Å². The van der Waals surface area contributed by atoms with Gasteiger partial charge in [-0.1, -0.05) is 0 Å². The highest BCUT2D eigenvalue weighted by molar-refractivity contribution is 7.89. The minimum Gasteiger partial charge on any atom is -0.337 e. The third-order valence-electron chi connectivity index (χ3n) is 3.47. The Morgan fingerprint density at radius 2 is 1.95 bits per heavy atom. The molecule has 1 aromatic heterocycles. The Labute approximate surface area is 114 Å². The Balaban J connectivity index is 2.09. The van der Waals surface area contributed by atoms with Crippen molar-refractivity contribution in [1.82, 2.24) is 18.8 Å². The summed E-state index contributed by atoms with van der Waals surface area (Å²) >= 11 is 0. The minimum atomic E-state index is -3.46. The third kappa shape index (κ3) is 2.97. The van der Waals surface area contributed by atoms with Gasteiger partial charge in [-0.25, -0.2) is 13.4 Å². The highest BCUT2D eigenvalue weighted by Crippen LogP contribution is 2.16. The van der Waals surface area contributed by atoms with Crippen LogP contribution in [-0.4, -0.2) is 66.4 Å². The van der Waals surface area contributed by atoms with Gasteiger partial charge in [-0.15, -0.1) is 0 Å². The van der Waals surface area contributed by atoms with Crippen molar-refractivity contribution in [3.8, 4) is 0 Å². The van der Waals surface area contributed by atoms with Crippen LogP contribution in [0.25, 0.3) is 0 Å². The maximum absolute atomic E-state index is 12.4. The van der Waals surface area contributed by atoms with E-state index in [0.29, 0.717) is 25.5 Å². The van der Waals surface area contributed by atoms with E-state index in [1.54, 1.807) is 24.7 Å². The number of sulfonamides is 1. The molecule has 8 heteroatoms. The first-order valence-electron chi connectivity index (χ1n) is 6.37. The molecule has 1 saturated heterocycles. The van der Waals surface area contributed by atoms with Crippen molar-refractivity contribution in [3.63, 3.8) is 0 Å². The van der Waals surface area contributed by atoms with E-state index in [4.69, 9.17) is 5.73 Å². The second-order valence-corrected chi connectivity index (χ2v) is 6.66. The van der Waals surface area contributed by atoms with Gasteiger partial charge < -0.3 is 10.3 Å². The van der Waals surface area contributed by atoms with Gasteiger partial charge in [0.15, 0.2) is 5.03 Å². The van der Waals surface area contributed by atoms with Gasteiger partial charge in [0.25, 0.3) is 10.0 Å². The van der Waals surface area contributed by atoms with Gasteiger partial charge in [-0.3, -0.25) is 4.90 Å². The van der Waals surface area contributed by atoms with Crippen molar-refractivity contribution < 1.29 is 8.42 Å². The van der Waals surface area contributed by atoms with Gasteiger partial charge >= 0.3 is 0 Å². The lowest BCUT2D eigenvalue weighted by Gasteiger charge is -2.33. The number of aromatic nitrogens is 2. The Bertz CT molecular complexity index is 512. The van der Waals surface area contributed by atoms with Crippen molar-refractivity contribution in [1.29, 1.82) is 0 Å². The maximum atomic E-state index is 12.4. The number of aryl methyl sites for hydroxylation is 2. The van der Waals surface area contributed by atoms with Crippen molar-refractivity contribution in [2.45, 2.75) is 11.9 Å². The van der Waals surface area contributed by atoms with Crippen LogP contribution >= 0.6 is 0 Å². The standard InChI is InChI=1S/C11H21N5O2S/c1-10-13-11(9-14(10)2)19(17,18)16-7-5-15(4-3-12)6-8-16/h9H,3-8,12H2,1-2H3. The first kappa shape index (κ1) is 14.4. The predicted molar refractivity (Wildman–Crippen MR) is 72.2 cm³/mol. The molecule has 0 atom stereocenters. The summed E-state index contributed by atoms with van der Waals surface area (Å²) in [4.78, 5) is 6.29. The zero-order valence-corrected chi connectivity index (χ0v) is 12.2. The second-order valence-electron chi connectivity index (χ2n) is 4.77. The minimum absolute atomic E-state index is 0.139. The Morgan fingerprint density at radius 1 is 1.32 bits per heavy atom. The Morgan fingerprint density at radius 3 is 2.42 bits per heavy atom. The summed E-state index contributed by atoms with van der Waals surface area (Å²) < 4.78 is 28.1. The van der Waals surface area contributed by atoms with Crippen molar-refractivity contribution >= 4 is 10.0 Å². The molecule has 0 unspecified atom stereocenters. The molecule has 2 N–H and O–H groups in total. The molecule has 7 nitrogen and oxygen atoms in total. The van der Waals surface area contributed by atoms with E-state index in [9.17, 15) is 8.42 Å². The van der Waals surface area contributed by atoms with Crippen LogP contribution in [0.5, 0.6) is 0 Å². The van der Waals surface area contributed by atoms with Crippen molar-refractivity contribution in [2.24, 2.45) is 12.8 Å². The van der Waals surface area contributed by atoms with Crippen molar-refractivity contribution in [3.05, 3.63) is 12.0 Å². The number of nitrogens with two attached hydrogens (primary N) is 1. The topological polar surface area (TPSA) is 84.5 Å². The van der Waals surface area contributed by atoms with Crippen LogP contribution in [0, 0.1) is 6.92 Å². The van der Waals surface area contributed by atoms with E-state index in [0.717, 1.165) is 19.6 Å². The molecule has 0 spiro atoms. The first-order valence-corrected chi connectivity index (χ1v) is 7.81. The van der Waals surface area contributed by atoms with Crippen LogP contribution in [0.15, 0.2) is 11.2 Å².